The summed E-state index contributed by atoms with van der Waals surface area (Å²) in [4.78, 5) is 8.48. The molecule has 5 nitrogen and oxygen atoms in total. The third kappa shape index (κ3) is 3.35. The summed E-state index contributed by atoms with van der Waals surface area (Å²) in [6, 6.07) is 0. The first kappa shape index (κ1) is 14.3. The summed E-state index contributed by atoms with van der Waals surface area (Å²) in [6.45, 7) is 6.72. The van der Waals surface area contributed by atoms with Gasteiger partial charge in [-0.25, -0.2) is 9.97 Å². The van der Waals surface area contributed by atoms with E-state index in [1.807, 2.05) is 25.0 Å². The number of hydrogen-bond acceptors (Lipinski definition) is 3. The van der Waals surface area contributed by atoms with E-state index in [2.05, 4.69) is 37.5 Å². The van der Waals surface area contributed by atoms with Crippen LogP contribution in [0.2, 0.25) is 0 Å². The van der Waals surface area contributed by atoms with Crippen molar-refractivity contribution in [2.75, 3.05) is 13.1 Å². The summed E-state index contributed by atoms with van der Waals surface area (Å²) in [5.41, 5.74) is 1.69. The van der Waals surface area contributed by atoms with Crippen LogP contribution in [0.4, 0.5) is 0 Å². The van der Waals surface area contributed by atoms with Crippen LogP contribution in [-0.4, -0.2) is 32.2 Å². The number of aryl methyl sites for hydroxylation is 2. The van der Waals surface area contributed by atoms with Gasteiger partial charge in [-0.15, -0.1) is 0 Å². The molecule has 0 amide bonds. The number of unbranched alkanes of at least 4 members (excludes halogenated alkanes) is 1. The first-order chi connectivity index (χ1) is 10.3. The molecule has 2 aromatic heterocycles. The largest absolute Gasteiger partial charge is 0.337 e. The number of nitrogens with one attached hydrogen (secondary N) is 1. The highest BCUT2D eigenvalue weighted by Crippen LogP contribution is 2.32. The van der Waals surface area contributed by atoms with Gasteiger partial charge in [0.1, 0.15) is 0 Å². The van der Waals surface area contributed by atoms with E-state index in [0.717, 1.165) is 26.2 Å². The number of rotatable bonds is 6. The maximum Gasteiger partial charge on any atom is 0.0948 e. The minimum Gasteiger partial charge on any atom is -0.337 e. The summed E-state index contributed by atoms with van der Waals surface area (Å²) in [5, 5.41) is 3.45. The fourth-order valence-corrected chi connectivity index (χ4v) is 3.23. The quantitative estimate of drug-likeness (QED) is 0.829. The number of hydrogen-bond donors (Lipinski definition) is 1. The highest BCUT2D eigenvalue weighted by atomic mass is 15.1. The van der Waals surface area contributed by atoms with Gasteiger partial charge in [0, 0.05) is 42.8 Å². The Kier molecular flexibility index (Phi) is 4.39. The van der Waals surface area contributed by atoms with Crippen LogP contribution >= 0.6 is 0 Å². The molecular formula is C16H25N5. The molecule has 0 radical (unpaired) electrons. The molecule has 0 saturated carbocycles. The van der Waals surface area contributed by atoms with Crippen molar-refractivity contribution in [1.29, 1.82) is 0 Å². The Balaban J connectivity index is 1.55. The first-order valence-electron chi connectivity index (χ1n) is 7.95. The molecule has 0 spiro atoms. The van der Waals surface area contributed by atoms with E-state index in [-0.39, 0.29) is 5.41 Å². The molecule has 3 heterocycles. The van der Waals surface area contributed by atoms with E-state index < -0.39 is 0 Å². The van der Waals surface area contributed by atoms with E-state index in [9.17, 15) is 0 Å². The Hall–Kier alpha value is -1.62. The van der Waals surface area contributed by atoms with Gasteiger partial charge in [0.15, 0.2) is 0 Å². The number of nitrogens with zero attached hydrogens (tertiary/aromatic N) is 4. The SMILES string of the molecule is CC1(c2cncn2CCCCn2ccnc2)CCNCC1. The van der Waals surface area contributed by atoms with Crippen LogP contribution in [0.5, 0.6) is 0 Å². The van der Waals surface area contributed by atoms with Gasteiger partial charge < -0.3 is 14.5 Å². The van der Waals surface area contributed by atoms with Crippen molar-refractivity contribution < 1.29 is 0 Å². The molecule has 0 bridgehead atoms. The van der Waals surface area contributed by atoms with Crippen LogP contribution in [0, 0.1) is 0 Å². The van der Waals surface area contributed by atoms with Crippen LogP contribution in [0.15, 0.2) is 31.2 Å². The molecule has 0 aliphatic carbocycles. The minimum absolute atomic E-state index is 0.284. The first-order valence-corrected chi connectivity index (χ1v) is 7.95. The van der Waals surface area contributed by atoms with E-state index in [0.29, 0.717) is 0 Å². The van der Waals surface area contributed by atoms with E-state index in [1.165, 1.54) is 31.4 Å². The molecule has 3 rings (SSSR count). The van der Waals surface area contributed by atoms with Crippen molar-refractivity contribution in [3.63, 3.8) is 0 Å². The van der Waals surface area contributed by atoms with Gasteiger partial charge in [-0.3, -0.25) is 0 Å². The molecule has 1 fully saturated rings. The lowest BCUT2D eigenvalue weighted by Crippen LogP contribution is -2.39. The molecular weight excluding hydrogens is 262 g/mol. The summed E-state index contributed by atoms with van der Waals surface area (Å²) in [5.74, 6) is 0. The van der Waals surface area contributed by atoms with Crippen molar-refractivity contribution in [1.82, 2.24) is 24.4 Å². The van der Waals surface area contributed by atoms with Gasteiger partial charge in [-0.2, -0.15) is 0 Å². The van der Waals surface area contributed by atoms with Gasteiger partial charge in [-0.05, 0) is 38.8 Å². The average Bonchev–Trinajstić information content (AvgIpc) is 3.16. The lowest BCUT2D eigenvalue weighted by Gasteiger charge is -2.34. The van der Waals surface area contributed by atoms with E-state index >= 15 is 0 Å². The average molecular weight is 287 g/mol. The Morgan fingerprint density at radius 1 is 1.14 bits per heavy atom. The van der Waals surface area contributed by atoms with Crippen LogP contribution in [-0.2, 0) is 18.5 Å². The van der Waals surface area contributed by atoms with Gasteiger partial charge in [0.05, 0.1) is 12.7 Å². The maximum absolute atomic E-state index is 4.40. The fourth-order valence-electron chi connectivity index (χ4n) is 3.23. The van der Waals surface area contributed by atoms with Crippen LogP contribution < -0.4 is 5.32 Å². The Morgan fingerprint density at radius 2 is 1.95 bits per heavy atom. The van der Waals surface area contributed by atoms with Gasteiger partial charge in [0.25, 0.3) is 0 Å². The lowest BCUT2D eigenvalue weighted by atomic mass is 9.78. The van der Waals surface area contributed by atoms with Crippen molar-refractivity contribution in [3.05, 3.63) is 36.9 Å². The molecule has 114 valence electrons. The summed E-state index contributed by atoms with van der Waals surface area (Å²) in [6.07, 6.45) is 14.6. The second-order valence-electron chi connectivity index (χ2n) is 6.29. The predicted octanol–water partition coefficient (Wildman–Crippen LogP) is 2.20. The summed E-state index contributed by atoms with van der Waals surface area (Å²) in [7, 11) is 0. The molecule has 1 saturated heterocycles. The summed E-state index contributed by atoms with van der Waals surface area (Å²) < 4.78 is 4.50. The molecule has 1 aliphatic heterocycles. The molecule has 0 aromatic carbocycles. The highest BCUT2D eigenvalue weighted by molar-refractivity contribution is 5.15. The molecule has 21 heavy (non-hydrogen) atoms. The third-order valence-corrected chi connectivity index (χ3v) is 4.66. The monoisotopic (exact) mass is 287 g/mol. The van der Waals surface area contributed by atoms with E-state index in [1.54, 1.807) is 0 Å². The normalized spacial score (nSPS) is 18.0. The highest BCUT2D eigenvalue weighted by Gasteiger charge is 2.31. The second kappa shape index (κ2) is 6.43. The van der Waals surface area contributed by atoms with Crippen LogP contribution in [0.25, 0.3) is 0 Å². The molecule has 0 unspecified atom stereocenters. The molecule has 5 heteroatoms. The third-order valence-electron chi connectivity index (χ3n) is 4.66. The predicted molar refractivity (Wildman–Crippen MR) is 83.1 cm³/mol. The topological polar surface area (TPSA) is 47.7 Å². The van der Waals surface area contributed by atoms with Gasteiger partial charge >= 0.3 is 0 Å². The lowest BCUT2D eigenvalue weighted by molar-refractivity contribution is 0.315. The van der Waals surface area contributed by atoms with Crippen molar-refractivity contribution in [3.8, 4) is 0 Å². The van der Waals surface area contributed by atoms with Crippen LogP contribution in [0.3, 0.4) is 0 Å². The number of piperidine rings is 1. The zero-order chi connectivity index (χ0) is 14.5. The molecule has 1 N–H and O–H groups in total. The van der Waals surface area contributed by atoms with Crippen molar-refractivity contribution >= 4 is 0 Å². The standard InChI is InChI=1S/C16H25N5/c1-16(4-6-17-7-5-16)15-12-19-14-21(15)10-3-2-9-20-11-8-18-13-20/h8,11-14,17H,2-7,9-10H2,1H3. The maximum atomic E-state index is 4.40. The Labute approximate surface area is 126 Å². The van der Waals surface area contributed by atoms with Crippen LogP contribution in [0.1, 0.15) is 38.3 Å². The fraction of sp³-hybridized carbons (Fsp3) is 0.625. The Morgan fingerprint density at radius 3 is 2.71 bits per heavy atom. The zero-order valence-electron chi connectivity index (χ0n) is 12.8. The number of aromatic nitrogens is 4. The van der Waals surface area contributed by atoms with E-state index in [4.69, 9.17) is 0 Å². The summed E-state index contributed by atoms with van der Waals surface area (Å²) >= 11 is 0. The second-order valence-corrected chi connectivity index (χ2v) is 6.29. The minimum atomic E-state index is 0.284. The molecule has 2 aromatic rings. The number of imidazole rings is 2. The van der Waals surface area contributed by atoms with Crippen molar-refractivity contribution in [2.24, 2.45) is 0 Å². The zero-order valence-corrected chi connectivity index (χ0v) is 12.8. The molecule has 1 aliphatic rings. The molecule has 0 atom stereocenters. The van der Waals surface area contributed by atoms with Gasteiger partial charge in [0.2, 0.25) is 0 Å². The smallest absolute Gasteiger partial charge is 0.0948 e. The van der Waals surface area contributed by atoms with Crippen molar-refractivity contribution in [2.45, 2.75) is 51.1 Å². The van der Waals surface area contributed by atoms with Gasteiger partial charge in [-0.1, -0.05) is 6.92 Å². The Bertz CT molecular complexity index is 537.